The molecule has 0 aliphatic carbocycles. The summed E-state index contributed by atoms with van der Waals surface area (Å²) in [7, 11) is 1.67. The second kappa shape index (κ2) is 6.89. The summed E-state index contributed by atoms with van der Waals surface area (Å²) < 4.78 is 2.09. The maximum Gasteiger partial charge on any atom is 0.233 e. The number of anilines is 1. The fraction of sp³-hybridized carbons (Fsp3) is 0.350. The number of aryl methyl sites for hydroxylation is 1. The number of rotatable bonds is 3. The van der Waals surface area contributed by atoms with Gasteiger partial charge in [0.25, 0.3) is 0 Å². The van der Waals surface area contributed by atoms with Crippen LogP contribution < -0.4 is 10.2 Å². The molecule has 0 radical (unpaired) electrons. The summed E-state index contributed by atoms with van der Waals surface area (Å²) in [5.74, 6) is 1.09. The molecule has 1 aromatic carbocycles. The molecule has 7 nitrogen and oxygen atoms in total. The topological polar surface area (TPSA) is 76.7 Å². The SMILES string of the molecule is CNC(=O)CN1CCN(c2cc(C)c(C#N)c3nc4ccccc4n23)CC1. The Hall–Kier alpha value is -3.11. The van der Waals surface area contributed by atoms with Gasteiger partial charge in [0.05, 0.1) is 23.1 Å². The Labute approximate surface area is 157 Å². The largest absolute Gasteiger partial charge is 0.358 e. The van der Waals surface area contributed by atoms with E-state index < -0.39 is 0 Å². The van der Waals surface area contributed by atoms with Crippen molar-refractivity contribution in [2.45, 2.75) is 6.92 Å². The Bertz CT molecular complexity index is 1060. The van der Waals surface area contributed by atoms with E-state index in [2.05, 4.69) is 31.7 Å². The van der Waals surface area contributed by atoms with Crippen molar-refractivity contribution in [3.63, 3.8) is 0 Å². The number of fused-ring (bicyclic) bond motifs is 3. The highest BCUT2D eigenvalue weighted by Crippen LogP contribution is 2.29. The third-order valence-corrected chi connectivity index (χ3v) is 5.21. The van der Waals surface area contributed by atoms with Gasteiger partial charge in [0, 0.05) is 33.2 Å². The van der Waals surface area contributed by atoms with E-state index in [0.717, 1.165) is 48.6 Å². The second-order valence-electron chi connectivity index (χ2n) is 6.87. The first-order valence-corrected chi connectivity index (χ1v) is 9.11. The number of hydrogen-bond donors (Lipinski definition) is 1. The van der Waals surface area contributed by atoms with Gasteiger partial charge in [0.1, 0.15) is 11.9 Å². The Morgan fingerprint density at radius 3 is 2.70 bits per heavy atom. The van der Waals surface area contributed by atoms with Crippen LogP contribution in [0.2, 0.25) is 0 Å². The van der Waals surface area contributed by atoms with E-state index in [-0.39, 0.29) is 5.91 Å². The number of nitrogens with zero attached hydrogens (tertiary/aromatic N) is 5. The lowest BCUT2D eigenvalue weighted by molar-refractivity contribution is -0.121. The number of pyridine rings is 1. The second-order valence-corrected chi connectivity index (χ2v) is 6.87. The molecule has 1 N–H and O–H groups in total. The van der Waals surface area contributed by atoms with Crippen molar-refractivity contribution >= 4 is 28.4 Å². The van der Waals surface area contributed by atoms with Crippen LogP contribution in [-0.2, 0) is 4.79 Å². The minimum atomic E-state index is 0.0423. The van der Waals surface area contributed by atoms with Crippen LogP contribution in [-0.4, -0.2) is 60.0 Å². The van der Waals surface area contributed by atoms with Crippen molar-refractivity contribution < 1.29 is 4.79 Å². The number of aromatic nitrogens is 2. The van der Waals surface area contributed by atoms with E-state index in [1.807, 2.05) is 31.2 Å². The molecule has 138 valence electrons. The zero-order valence-electron chi connectivity index (χ0n) is 15.6. The Morgan fingerprint density at radius 1 is 1.26 bits per heavy atom. The number of amides is 1. The first-order chi connectivity index (χ1) is 13.1. The minimum absolute atomic E-state index is 0.0423. The molecule has 3 aromatic rings. The molecule has 0 atom stereocenters. The molecule has 4 rings (SSSR count). The Kier molecular flexibility index (Phi) is 4.42. The summed E-state index contributed by atoms with van der Waals surface area (Å²) in [6, 6.07) is 12.4. The van der Waals surface area contributed by atoms with Crippen LogP contribution in [0, 0.1) is 18.3 Å². The van der Waals surface area contributed by atoms with Crippen molar-refractivity contribution in [3.8, 4) is 6.07 Å². The zero-order chi connectivity index (χ0) is 19.0. The van der Waals surface area contributed by atoms with Crippen LogP contribution in [0.15, 0.2) is 30.3 Å². The fourth-order valence-electron chi connectivity index (χ4n) is 3.72. The van der Waals surface area contributed by atoms with E-state index in [9.17, 15) is 10.1 Å². The maximum absolute atomic E-state index is 11.6. The third-order valence-electron chi connectivity index (χ3n) is 5.21. The first kappa shape index (κ1) is 17.3. The molecule has 7 heteroatoms. The lowest BCUT2D eigenvalue weighted by Gasteiger charge is -2.36. The van der Waals surface area contributed by atoms with Crippen LogP contribution in [0.25, 0.3) is 16.7 Å². The molecule has 1 aliphatic heterocycles. The van der Waals surface area contributed by atoms with Crippen molar-refractivity contribution in [3.05, 3.63) is 41.5 Å². The lowest BCUT2D eigenvalue weighted by atomic mass is 10.1. The van der Waals surface area contributed by atoms with Crippen LogP contribution >= 0.6 is 0 Å². The number of likely N-dealkylation sites (N-methyl/N-ethyl adjacent to an activating group) is 1. The van der Waals surface area contributed by atoms with Crippen molar-refractivity contribution in [2.75, 3.05) is 44.7 Å². The number of carbonyl (C=O) groups excluding carboxylic acids is 1. The summed E-state index contributed by atoms with van der Waals surface area (Å²) in [5, 5.41) is 12.3. The molecular formula is C20H22N6O. The van der Waals surface area contributed by atoms with Gasteiger partial charge in [-0.15, -0.1) is 0 Å². The average Bonchev–Trinajstić information content (AvgIpc) is 3.07. The summed E-state index contributed by atoms with van der Waals surface area (Å²) in [6.07, 6.45) is 0. The number of nitrogens with one attached hydrogen (secondary N) is 1. The standard InChI is InChI=1S/C20H22N6O/c1-14-11-19(25-9-7-24(8-10-25)13-18(27)22-2)26-17-6-4-3-5-16(17)23-20(26)15(14)12-21/h3-6,11H,7-10,13H2,1-2H3,(H,22,27). The number of carbonyl (C=O) groups is 1. The first-order valence-electron chi connectivity index (χ1n) is 9.11. The normalized spacial score (nSPS) is 15.2. The number of imidazole rings is 1. The van der Waals surface area contributed by atoms with E-state index in [1.165, 1.54) is 0 Å². The van der Waals surface area contributed by atoms with Gasteiger partial charge in [0.2, 0.25) is 5.91 Å². The van der Waals surface area contributed by atoms with E-state index in [4.69, 9.17) is 4.98 Å². The summed E-state index contributed by atoms with van der Waals surface area (Å²) in [6.45, 7) is 5.68. The van der Waals surface area contributed by atoms with E-state index >= 15 is 0 Å². The predicted molar refractivity (Wildman–Crippen MR) is 105 cm³/mol. The van der Waals surface area contributed by atoms with Gasteiger partial charge in [-0.3, -0.25) is 14.1 Å². The Balaban J connectivity index is 1.75. The maximum atomic E-state index is 11.6. The molecule has 1 aliphatic rings. The molecule has 2 aromatic heterocycles. The molecule has 0 bridgehead atoms. The summed E-state index contributed by atoms with van der Waals surface area (Å²) in [5.41, 5.74) is 4.16. The molecule has 1 amide bonds. The van der Waals surface area contributed by atoms with Crippen LogP contribution in [0.5, 0.6) is 0 Å². The van der Waals surface area contributed by atoms with Crippen LogP contribution in [0.3, 0.4) is 0 Å². The third kappa shape index (κ3) is 2.98. The highest BCUT2D eigenvalue weighted by atomic mass is 16.1. The molecule has 0 unspecified atom stereocenters. The Morgan fingerprint density at radius 2 is 2.00 bits per heavy atom. The van der Waals surface area contributed by atoms with E-state index in [1.54, 1.807) is 7.05 Å². The number of nitriles is 1. The lowest BCUT2D eigenvalue weighted by Crippen LogP contribution is -2.49. The number of hydrogen-bond acceptors (Lipinski definition) is 5. The predicted octanol–water partition coefficient (Wildman–Crippen LogP) is 1.54. The summed E-state index contributed by atoms with van der Waals surface area (Å²) in [4.78, 5) is 20.8. The molecule has 3 heterocycles. The van der Waals surface area contributed by atoms with Crippen molar-refractivity contribution in [1.29, 1.82) is 5.26 Å². The van der Waals surface area contributed by atoms with Gasteiger partial charge >= 0.3 is 0 Å². The quantitative estimate of drug-likeness (QED) is 0.765. The highest BCUT2D eigenvalue weighted by Gasteiger charge is 2.23. The molecule has 0 spiro atoms. The van der Waals surface area contributed by atoms with Crippen molar-refractivity contribution in [2.24, 2.45) is 0 Å². The molecule has 1 saturated heterocycles. The molecule has 0 saturated carbocycles. The van der Waals surface area contributed by atoms with Gasteiger partial charge in [-0.2, -0.15) is 5.26 Å². The minimum Gasteiger partial charge on any atom is -0.358 e. The average molecular weight is 362 g/mol. The van der Waals surface area contributed by atoms with Crippen LogP contribution in [0.1, 0.15) is 11.1 Å². The monoisotopic (exact) mass is 362 g/mol. The van der Waals surface area contributed by atoms with Gasteiger partial charge in [-0.25, -0.2) is 4.98 Å². The zero-order valence-corrected chi connectivity index (χ0v) is 15.6. The fourth-order valence-corrected chi connectivity index (χ4v) is 3.72. The van der Waals surface area contributed by atoms with Gasteiger partial charge in [-0.05, 0) is 30.7 Å². The summed E-state index contributed by atoms with van der Waals surface area (Å²) >= 11 is 0. The smallest absolute Gasteiger partial charge is 0.233 e. The number of benzene rings is 1. The number of piperazine rings is 1. The molecule has 27 heavy (non-hydrogen) atoms. The van der Waals surface area contributed by atoms with Gasteiger partial charge < -0.3 is 10.2 Å². The van der Waals surface area contributed by atoms with E-state index in [0.29, 0.717) is 17.8 Å². The molecular weight excluding hydrogens is 340 g/mol. The van der Waals surface area contributed by atoms with Gasteiger partial charge in [-0.1, -0.05) is 12.1 Å². The number of para-hydroxylation sites is 2. The van der Waals surface area contributed by atoms with Crippen LogP contribution in [0.4, 0.5) is 5.82 Å². The van der Waals surface area contributed by atoms with Gasteiger partial charge in [0.15, 0.2) is 5.65 Å². The highest BCUT2D eigenvalue weighted by molar-refractivity contribution is 5.85. The van der Waals surface area contributed by atoms with Crippen molar-refractivity contribution in [1.82, 2.24) is 19.6 Å². The molecule has 1 fully saturated rings.